The number of aromatic nitrogens is 1. The summed E-state index contributed by atoms with van der Waals surface area (Å²) in [5, 5.41) is 3.69. The third kappa shape index (κ3) is 3.15. The Morgan fingerprint density at radius 2 is 2.00 bits per heavy atom. The van der Waals surface area contributed by atoms with E-state index in [1.54, 1.807) is 6.07 Å². The summed E-state index contributed by atoms with van der Waals surface area (Å²) in [7, 11) is 0. The second-order valence-electron chi connectivity index (χ2n) is 3.37. The van der Waals surface area contributed by atoms with Crippen molar-refractivity contribution in [1.82, 2.24) is 4.98 Å². The Kier molecular flexibility index (Phi) is 4.04. The Morgan fingerprint density at radius 3 is 2.72 bits per heavy atom. The first-order valence-electron chi connectivity index (χ1n) is 5.17. The minimum absolute atomic E-state index is 0.0948. The predicted octanol–water partition coefficient (Wildman–Crippen LogP) is 2.93. The third-order valence-corrected chi connectivity index (χ3v) is 2.42. The number of halogens is 1. The molecule has 0 spiro atoms. The molecule has 2 rings (SSSR count). The van der Waals surface area contributed by atoms with Crippen LogP contribution in [0.4, 0.5) is 0 Å². The molecule has 0 fully saturated rings. The van der Waals surface area contributed by atoms with E-state index in [2.05, 4.69) is 10.1 Å². The first-order chi connectivity index (χ1) is 8.77. The van der Waals surface area contributed by atoms with E-state index >= 15 is 0 Å². The van der Waals surface area contributed by atoms with Crippen LogP contribution in [0.1, 0.15) is 15.9 Å². The van der Waals surface area contributed by atoms with Crippen LogP contribution >= 0.6 is 11.6 Å². The van der Waals surface area contributed by atoms with Gasteiger partial charge >= 0.3 is 5.97 Å². The Labute approximate surface area is 109 Å². The topological polar surface area (TPSA) is 51.5 Å². The highest BCUT2D eigenvalue weighted by molar-refractivity contribution is 6.32. The van der Waals surface area contributed by atoms with Crippen molar-refractivity contribution >= 4 is 23.8 Å². The van der Waals surface area contributed by atoms with Gasteiger partial charge in [-0.1, -0.05) is 47.1 Å². The lowest BCUT2D eigenvalue weighted by atomic mass is 10.2. The third-order valence-electron chi connectivity index (χ3n) is 2.12. The summed E-state index contributed by atoms with van der Waals surface area (Å²) >= 11 is 5.75. The fourth-order valence-electron chi connectivity index (χ4n) is 1.26. The van der Waals surface area contributed by atoms with Crippen molar-refractivity contribution in [1.29, 1.82) is 0 Å². The molecule has 0 aliphatic rings. The SMILES string of the molecule is O=C(O/N=C/c1ccccc1)c1cccnc1Cl. The first kappa shape index (κ1) is 12.3. The van der Waals surface area contributed by atoms with Crippen molar-refractivity contribution in [3.8, 4) is 0 Å². The molecule has 5 heteroatoms. The molecule has 0 amide bonds. The molecule has 0 unspecified atom stereocenters. The molecule has 1 aromatic carbocycles. The predicted molar refractivity (Wildman–Crippen MR) is 68.7 cm³/mol. The van der Waals surface area contributed by atoms with Crippen LogP contribution < -0.4 is 0 Å². The number of rotatable bonds is 3. The lowest BCUT2D eigenvalue weighted by Crippen LogP contribution is -2.02. The lowest BCUT2D eigenvalue weighted by Gasteiger charge is -1.98. The van der Waals surface area contributed by atoms with E-state index in [0.29, 0.717) is 0 Å². The van der Waals surface area contributed by atoms with Gasteiger partial charge in [0.2, 0.25) is 0 Å². The lowest BCUT2D eigenvalue weighted by molar-refractivity contribution is 0.0519. The number of hydrogen-bond donors (Lipinski definition) is 0. The van der Waals surface area contributed by atoms with Gasteiger partial charge in [-0.15, -0.1) is 0 Å². The Bertz CT molecular complexity index is 570. The minimum atomic E-state index is -0.639. The van der Waals surface area contributed by atoms with Crippen LogP contribution in [-0.4, -0.2) is 17.2 Å². The Morgan fingerprint density at radius 1 is 1.22 bits per heavy atom. The van der Waals surface area contributed by atoms with E-state index in [1.165, 1.54) is 18.5 Å². The van der Waals surface area contributed by atoms with E-state index in [4.69, 9.17) is 16.4 Å². The smallest absolute Gasteiger partial charge is 0.313 e. The molecule has 0 saturated heterocycles. The number of hydrogen-bond acceptors (Lipinski definition) is 4. The molecule has 90 valence electrons. The highest BCUT2D eigenvalue weighted by Gasteiger charge is 2.11. The summed E-state index contributed by atoms with van der Waals surface area (Å²) in [5.41, 5.74) is 1.02. The van der Waals surface area contributed by atoms with E-state index in [-0.39, 0.29) is 10.7 Å². The molecule has 0 aliphatic heterocycles. The summed E-state index contributed by atoms with van der Waals surface area (Å²) in [6.45, 7) is 0. The fourth-order valence-corrected chi connectivity index (χ4v) is 1.46. The number of carbonyl (C=O) groups excluding carboxylic acids is 1. The van der Waals surface area contributed by atoms with Crippen LogP contribution in [0.3, 0.4) is 0 Å². The number of carbonyl (C=O) groups is 1. The average Bonchev–Trinajstić information content (AvgIpc) is 2.40. The van der Waals surface area contributed by atoms with Gasteiger partial charge in [0.25, 0.3) is 0 Å². The van der Waals surface area contributed by atoms with Gasteiger partial charge in [0.05, 0.1) is 11.8 Å². The van der Waals surface area contributed by atoms with Crippen LogP contribution in [0.2, 0.25) is 5.15 Å². The highest BCUT2D eigenvalue weighted by atomic mass is 35.5. The molecule has 2 aromatic rings. The molecule has 4 nitrogen and oxygen atoms in total. The summed E-state index contributed by atoms with van der Waals surface area (Å²) in [6, 6.07) is 12.4. The Balaban J connectivity index is 2.01. The quantitative estimate of drug-likeness (QED) is 0.369. The molecule has 1 aromatic heterocycles. The summed E-state index contributed by atoms with van der Waals surface area (Å²) in [6.07, 6.45) is 2.94. The van der Waals surface area contributed by atoms with Crippen LogP contribution in [0.15, 0.2) is 53.8 Å². The van der Waals surface area contributed by atoms with Gasteiger partial charge in [0, 0.05) is 6.20 Å². The zero-order valence-corrected chi connectivity index (χ0v) is 10.0. The summed E-state index contributed by atoms with van der Waals surface area (Å²) in [5.74, 6) is -0.639. The molecule has 0 bridgehead atoms. The molecule has 0 saturated carbocycles. The fraction of sp³-hybridized carbons (Fsp3) is 0. The Hall–Kier alpha value is -2.20. The molecule has 18 heavy (non-hydrogen) atoms. The molecule has 1 heterocycles. The zero-order valence-electron chi connectivity index (χ0n) is 9.29. The van der Waals surface area contributed by atoms with Gasteiger partial charge in [-0.25, -0.2) is 9.78 Å². The molecular weight excluding hydrogens is 252 g/mol. The van der Waals surface area contributed by atoms with Gasteiger partial charge in [-0.3, -0.25) is 0 Å². The van der Waals surface area contributed by atoms with Crippen molar-refractivity contribution in [3.05, 3.63) is 64.9 Å². The average molecular weight is 261 g/mol. The van der Waals surface area contributed by atoms with Crippen LogP contribution in [0.5, 0.6) is 0 Å². The maximum Gasteiger partial charge on any atom is 0.368 e. The molecule has 0 aliphatic carbocycles. The van der Waals surface area contributed by atoms with Crippen LogP contribution in [0, 0.1) is 0 Å². The van der Waals surface area contributed by atoms with Gasteiger partial charge in [-0.05, 0) is 17.7 Å². The number of nitrogens with zero attached hydrogens (tertiary/aromatic N) is 2. The second-order valence-corrected chi connectivity index (χ2v) is 3.72. The zero-order chi connectivity index (χ0) is 12.8. The van der Waals surface area contributed by atoms with Crippen molar-refractivity contribution in [2.24, 2.45) is 5.16 Å². The molecular formula is C13H9ClN2O2. The van der Waals surface area contributed by atoms with E-state index in [0.717, 1.165) is 5.56 Å². The summed E-state index contributed by atoms with van der Waals surface area (Å²) in [4.78, 5) is 20.1. The molecule has 0 atom stereocenters. The van der Waals surface area contributed by atoms with Crippen molar-refractivity contribution in [2.75, 3.05) is 0 Å². The van der Waals surface area contributed by atoms with E-state index in [1.807, 2.05) is 30.3 Å². The minimum Gasteiger partial charge on any atom is -0.313 e. The summed E-state index contributed by atoms with van der Waals surface area (Å²) < 4.78 is 0. The molecule has 0 N–H and O–H groups in total. The highest BCUT2D eigenvalue weighted by Crippen LogP contribution is 2.12. The van der Waals surface area contributed by atoms with Gasteiger partial charge in [0.15, 0.2) is 0 Å². The number of oxime groups is 1. The van der Waals surface area contributed by atoms with Gasteiger partial charge < -0.3 is 4.84 Å². The maximum atomic E-state index is 11.6. The normalized spacial score (nSPS) is 10.5. The molecule has 0 radical (unpaired) electrons. The van der Waals surface area contributed by atoms with Gasteiger partial charge in [0.1, 0.15) is 5.15 Å². The number of benzene rings is 1. The van der Waals surface area contributed by atoms with Crippen molar-refractivity contribution in [2.45, 2.75) is 0 Å². The standard InChI is InChI=1S/C13H9ClN2O2/c14-12-11(7-4-8-15-12)13(17)18-16-9-10-5-2-1-3-6-10/h1-9H/b16-9+. The van der Waals surface area contributed by atoms with Crippen LogP contribution in [-0.2, 0) is 4.84 Å². The van der Waals surface area contributed by atoms with Crippen molar-refractivity contribution in [3.63, 3.8) is 0 Å². The van der Waals surface area contributed by atoms with E-state index in [9.17, 15) is 4.79 Å². The van der Waals surface area contributed by atoms with Crippen molar-refractivity contribution < 1.29 is 9.63 Å². The monoisotopic (exact) mass is 260 g/mol. The first-order valence-corrected chi connectivity index (χ1v) is 5.55. The van der Waals surface area contributed by atoms with Crippen LogP contribution in [0.25, 0.3) is 0 Å². The number of pyridine rings is 1. The van der Waals surface area contributed by atoms with Gasteiger partial charge in [-0.2, -0.15) is 0 Å². The largest absolute Gasteiger partial charge is 0.368 e. The maximum absolute atomic E-state index is 11.6. The second kappa shape index (κ2) is 5.93. The van der Waals surface area contributed by atoms with E-state index < -0.39 is 5.97 Å².